The molecule has 1 fully saturated rings. The van der Waals surface area contributed by atoms with Gasteiger partial charge in [0.15, 0.2) is 0 Å². The minimum atomic E-state index is -0.927. The maximum atomic E-state index is 12.6. The molecule has 1 N–H and O–H groups in total. The summed E-state index contributed by atoms with van der Waals surface area (Å²) < 4.78 is 0. The Morgan fingerprint density at radius 1 is 1.14 bits per heavy atom. The van der Waals surface area contributed by atoms with Gasteiger partial charge in [0.2, 0.25) is 0 Å². The summed E-state index contributed by atoms with van der Waals surface area (Å²) in [6.07, 6.45) is 1.03. The van der Waals surface area contributed by atoms with Crippen LogP contribution < -0.4 is 0 Å². The van der Waals surface area contributed by atoms with Gasteiger partial charge in [-0.15, -0.1) is 0 Å². The minimum Gasteiger partial charge on any atom is -0.478 e. The molecule has 1 aromatic carbocycles. The van der Waals surface area contributed by atoms with Crippen molar-refractivity contribution in [3.05, 3.63) is 34.9 Å². The van der Waals surface area contributed by atoms with E-state index in [0.29, 0.717) is 13.1 Å². The highest BCUT2D eigenvalue weighted by Gasteiger charge is 2.35. The van der Waals surface area contributed by atoms with Crippen LogP contribution in [0.15, 0.2) is 18.2 Å². The van der Waals surface area contributed by atoms with Gasteiger partial charge in [0.1, 0.15) is 0 Å². The van der Waals surface area contributed by atoms with Gasteiger partial charge in [-0.25, -0.2) is 9.59 Å². The number of nitrogens with zero attached hydrogens (tertiary/aromatic N) is 2. The standard InChI is InChI=1S/C16H20N2O3/c1-16(2)5-6-17(10-16)15(21)18-8-12-4-3-11(14(19)20)7-13(12)9-18/h3-4,7H,5-6,8-10H2,1-2H3,(H,19,20). The average Bonchev–Trinajstić information content (AvgIpc) is 2.99. The normalized spacial score (nSPS) is 19.7. The van der Waals surface area contributed by atoms with Crippen LogP contribution in [-0.4, -0.2) is 40.0 Å². The smallest absolute Gasteiger partial charge is 0.335 e. The van der Waals surface area contributed by atoms with Crippen molar-refractivity contribution in [1.82, 2.24) is 9.80 Å². The molecule has 0 aliphatic carbocycles. The number of carbonyl (C=O) groups excluding carboxylic acids is 1. The van der Waals surface area contributed by atoms with Gasteiger partial charge in [0, 0.05) is 26.2 Å². The number of likely N-dealkylation sites (tertiary alicyclic amines) is 1. The molecule has 0 spiro atoms. The highest BCUT2D eigenvalue weighted by Crippen LogP contribution is 2.31. The van der Waals surface area contributed by atoms with Crippen LogP contribution in [0.5, 0.6) is 0 Å². The zero-order valence-corrected chi connectivity index (χ0v) is 12.4. The van der Waals surface area contributed by atoms with Crippen LogP contribution in [0.25, 0.3) is 0 Å². The maximum Gasteiger partial charge on any atom is 0.335 e. The molecule has 2 aliphatic rings. The first kappa shape index (κ1) is 13.9. The van der Waals surface area contributed by atoms with Crippen LogP contribution in [0, 0.1) is 5.41 Å². The van der Waals surface area contributed by atoms with Crippen molar-refractivity contribution in [2.45, 2.75) is 33.4 Å². The third kappa shape index (κ3) is 2.60. The van der Waals surface area contributed by atoms with Crippen LogP contribution in [-0.2, 0) is 13.1 Å². The molecular formula is C16H20N2O3. The molecule has 0 aromatic heterocycles. The van der Waals surface area contributed by atoms with E-state index in [1.165, 1.54) is 0 Å². The number of carboxylic acid groups (broad SMARTS) is 1. The molecule has 1 saturated heterocycles. The first-order valence-electron chi connectivity index (χ1n) is 7.25. The Morgan fingerprint density at radius 3 is 2.48 bits per heavy atom. The lowest BCUT2D eigenvalue weighted by Gasteiger charge is -2.25. The number of urea groups is 1. The zero-order chi connectivity index (χ0) is 15.2. The number of fused-ring (bicyclic) bond motifs is 1. The molecule has 2 aliphatic heterocycles. The summed E-state index contributed by atoms with van der Waals surface area (Å²) in [5, 5.41) is 9.03. The zero-order valence-electron chi connectivity index (χ0n) is 12.4. The van der Waals surface area contributed by atoms with E-state index in [1.807, 2.05) is 11.0 Å². The van der Waals surface area contributed by atoms with Gasteiger partial charge in [0.25, 0.3) is 0 Å². The molecule has 0 unspecified atom stereocenters. The summed E-state index contributed by atoms with van der Waals surface area (Å²) >= 11 is 0. The summed E-state index contributed by atoms with van der Waals surface area (Å²) in [6, 6.07) is 5.17. The van der Waals surface area contributed by atoms with Gasteiger partial charge in [-0.2, -0.15) is 0 Å². The van der Waals surface area contributed by atoms with E-state index in [4.69, 9.17) is 5.11 Å². The van der Waals surface area contributed by atoms with Gasteiger partial charge in [-0.05, 0) is 35.1 Å². The Labute approximate surface area is 124 Å². The quantitative estimate of drug-likeness (QED) is 0.864. The number of hydrogen-bond donors (Lipinski definition) is 1. The predicted molar refractivity (Wildman–Crippen MR) is 78.0 cm³/mol. The summed E-state index contributed by atoms with van der Waals surface area (Å²) in [6.45, 7) is 7.03. The maximum absolute atomic E-state index is 12.6. The summed E-state index contributed by atoms with van der Waals surface area (Å²) in [5.41, 5.74) is 2.47. The highest BCUT2D eigenvalue weighted by molar-refractivity contribution is 5.88. The molecule has 5 nitrogen and oxygen atoms in total. The molecular weight excluding hydrogens is 268 g/mol. The Balaban J connectivity index is 1.73. The molecule has 0 bridgehead atoms. The molecule has 3 rings (SSSR count). The molecule has 5 heteroatoms. The monoisotopic (exact) mass is 288 g/mol. The van der Waals surface area contributed by atoms with Crippen molar-refractivity contribution in [1.29, 1.82) is 0 Å². The van der Waals surface area contributed by atoms with E-state index in [9.17, 15) is 9.59 Å². The lowest BCUT2D eigenvalue weighted by Crippen LogP contribution is -2.39. The van der Waals surface area contributed by atoms with Crippen LogP contribution in [0.3, 0.4) is 0 Å². The second kappa shape index (κ2) is 4.76. The SMILES string of the molecule is CC1(C)CCN(C(=O)N2Cc3ccc(C(=O)O)cc3C2)C1. The Bertz CT molecular complexity index is 610. The largest absolute Gasteiger partial charge is 0.478 e. The second-order valence-electron chi connectivity index (χ2n) is 6.76. The lowest BCUT2D eigenvalue weighted by molar-refractivity contribution is 0.0696. The van der Waals surface area contributed by atoms with E-state index in [0.717, 1.165) is 30.6 Å². The van der Waals surface area contributed by atoms with Crippen molar-refractivity contribution in [3.63, 3.8) is 0 Å². The Kier molecular flexibility index (Phi) is 3.15. The molecule has 2 amide bonds. The van der Waals surface area contributed by atoms with Crippen molar-refractivity contribution in [2.24, 2.45) is 5.41 Å². The lowest BCUT2D eigenvalue weighted by atomic mass is 9.93. The van der Waals surface area contributed by atoms with Crippen LogP contribution in [0.2, 0.25) is 0 Å². The molecule has 0 saturated carbocycles. The number of benzene rings is 1. The van der Waals surface area contributed by atoms with E-state index in [-0.39, 0.29) is 17.0 Å². The predicted octanol–water partition coefficient (Wildman–Crippen LogP) is 2.55. The third-order valence-corrected chi connectivity index (χ3v) is 4.39. The van der Waals surface area contributed by atoms with Crippen molar-refractivity contribution < 1.29 is 14.7 Å². The molecule has 0 radical (unpaired) electrons. The van der Waals surface area contributed by atoms with Gasteiger partial charge in [-0.3, -0.25) is 0 Å². The van der Waals surface area contributed by atoms with Crippen LogP contribution >= 0.6 is 0 Å². The summed E-state index contributed by atoms with van der Waals surface area (Å²) in [5.74, 6) is -0.927. The van der Waals surface area contributed by atoms with Gasteiger partial charge >= 0.3 is 12.0 Å². The average molecular weight is 288 g/mol. The van der Waals surface area contributed by atoms with Gasteiger partial charge in [0.05, 0.1) is 5.56 Å². The Morgan fingerprint density at radius 2 is 1.86 bits per heavy atom. The number of rotatable bonds is 1. The number of aromatic carboxylic acids is 1. The molecule has 1 aromatic rings. The fourth-order valence-corrected chi connectivity index (χ4v) is 3.14. The summed E-state index contributed by atoms with van der Waals surface area (Å²) in [4.78, 5) is 27.3. The molecule has 2 heterocycles. The molecule has 0 atom stereocenters. The van der Waals surface area contributed by atoms with Crippen molar-refractivity contribution in [2.75, 3.05) is 13.1 Å². The first-order valence-corrected chi connectivity index (χ1v) is 7.25. The van der Waals surface area contributed by atoms with E-state index in [2.05, 4.69) is 13.8 Å². The number of carbonyl (C=O) groups is 2. The number of carboxylic acids is 1. The fourth-order valence-electron chi connectivity index (χ4n) is 3.14. The summed E-state index contributed by atoms with van der Waals surface area (Å²) in [7, 11) is 0. The topological polar surface area (TPSA) is 60.9 Å². The van der Waals surface area contributed by atoms with Gasteiger partial charge < -0.3 is 14.9 Å². The van der Waals surface area contributed by atoms with E-state index >= 15 is 0 Å². The van der Waals surface area contributed by atoms with Crippen LogP contribution in [0.4, 0.5) is 4.79 Å². The highest BCUT2D eigenvalue weighted by atomic mass is 16.4. The van der Waals surface area contributed by atoms with Crippen molar-refractivity contribution in [3.8, 4) is 0 Å². The minimum absolute atomic E-state index is 0.0636. The first-order chi connectivity index (χ1) is 9.85. The number of amides is 2. The van der Waals surface area contributed by atoms with E-state index in [1.54, 1.807) is 17.0 Å². The number of hydrogen-bond acceptors (Lipinski definition) is 2. The molecule has 21 heavy (non-hydrogen) atoms. The Hall–Kier alpha value is -2.04. The van der Waals surface area contributed by atoms with Gasteiger partial charge in [-0.1, -0.05) is 19.9 Å². The van der Waals surface area contributed by atoms with Crippen LogP contribution in [0.1, 0.15) is 41.8 Å². The molecule has 112 valence electrons. The van der Waals surface area contributed by atoms with Crippen molar-refractivity contribution >= 4 is 12.0 Å². The second-order valence-corrected chi connectivity index (χ2v) is 6.76. The van der Waals surface area contributed by atoms with E-state index < -0.39 is 5.97 Å². The fraction of sp³-hybridized carbons (Fsp3) is 0.500. The third-order valence-electron chi connectivity index (χ3n) is 4.39.